The molecule has 0 radical (unpaired) electrons. The first-order chi connectivity index (χ1) is 7.22. The van der Waals surface area contributed by atoms with Gasteiger partial charge in [-0.25, -0.2) is 0 Å². The quantitative estimate of drug-likeness (QED) is 0.728. The van der Waals surface area contributed by atoms with Crippen molar-refractivity contribution in [1.29, 1.82) is 0 Å². The summed E-state index contributed by atoms with van der Waals surface area (Å²) in [6.45, 7) is 4.18. The van der Waals surface area contributed by atoms with E-state index in [1.54, 1.807) is 7.11 Å². The lowest BCUT2D eigenvalue weighted by Crippen LogP contribution is -1.97. The Kier molecular flexibility index (Phi) is 2.50. The summed E-state index contributed by atoms with van der Waals surface area (Å²) in [5.41, 5.74) is 3.58. The lowest BCUT2D eigenvalue weighted by molar-refractivity contribution is 0.412. The molecule has 0 N–H and O–H groups in total. The Labute approximate surface area is 90.1 Å². The van der Waals surface area contributed by atoms with Gasteiger partial charge in [-0.05, 0) is 37.1 Å². The van der Waals surface area contributed by atoms with Gasteiger partial charge in [-0.2, -0.15) is 0 Å². The standard InChI is InChI=1S/C13H15NO/c1-10-7-8-14(9-10)13-11(2)5-4-6-12(13)15-3/h4-9H,1-3H3. The zero-order valence-corrected chi connectivity index (χ0v) is 9.32. The summed E-state index contributed by atoms with van der Waals surface area (Å²) >= 11 is 0. The largest absolute Gasteiger partial charge is 0.495 e. The van der Waals surface area contributed by atoms with Crippen molar-refractivity contribution in [1.82, 2.24) is 4.57 Å². The summed E-state index contributed by atoms with van der Waals surface area (Å²) in [5.74, 6) is 0.908. The van der Waals surface area contributed by atoms with Crippen LogP contribution >= 0.6 is 0 Å². The van der Waals surface area contributed by atoms with E-state index in [4.69, 9.17) is 4.74 Å². The molecule has 15 heavy (non-hydrogen) atoms. The Morgan fingerprint density at radius 2 is 1.93 bits per heavy atom. The molecule has 78 valence electrons. The van der Waals surface area contributed by atoms with Crippen LogP contribution in [0.5, 0.6) is 5.75 Å². The Bertz CT molecular complexity index is 471. The zero-order chi connectivity index (χ0) is 10.8. The second kappa shape index (κ2) is 3.81. The molecule has 0 bridgehead atoms. The van der Waals surface area contributed by atoms with Crippen LogP contribution in [0.2, 0.25) is 0 Å². The van der Waals surface area contributed by atoms with Crippen molar-refractivity contribution in [3.8, 4) is 11.4 Å². The second-order valence-corrected chi connectivity index (χ2v) is 3.72. The fraction of sp³-hybridized carbons (Fsp3) is 0.231. The lowest BCUT2D eigenvalue weighted by Gasteiger charge is -2.12. The normalized spacial score (nSPS) is 10.3. The molecule has 0 unspecified atom stereocenters. The molecule has 0 aliphatic heterocycles. The van der Waals surface area contributed by atoms with Crippen LogP contribution in [0.25, 0.3) is 5.69 Å². The molecule has 0 spiro atoms. The van der Waals surface area contributed by atoms with Crippen LogP contribution in [0.1, 0.15) is 11.1 Å². The van der Waals surface area contributed by atoms with Crippen LogP contribution in [0, 0.1) is 13.8 Å². The number of para-hydroxylation sites is 1. The molecule has 1 aromatic carbocycles. The van der Waals surface area contributed by atoms with Gasteiger partial charge in [-0.1, -0.05) is 12.1 Å². The summed E-state index contributed by atoms with van der Waals surface area (Å²) in [7, 11) is 1.70. The lowest BCUT2D eigenvalue weighted by atomic mass is 10.2. The second-order valence-electron chi connectivity index (χ2n) is 3.72. The van der Waals surface area contributed by atoms with Crippen LogP contribution in [0.3, 0.4) is 0 Å². The predicted octanol–water partition coefficient (Wildman–Crippen LogP) is 3.10. The molecule has 0 saturated carbocycles. The molecular weight excluding hydrogens is 186 g/mol. The SMILES string of the molecule is COc1cccc(C)c1-n1ccc(C)c1. The van der Waals surface area contributed by atoms with E-state index in [0.29, 0.717) is 0 Å². The van der Waals surface area contributed by atoms with E-state index >= 15 is 0 Å². The number of aryl methyl sites for hydroxylation is 2. The summed E-state index contributed by atoms with van der Waals surface area (Å²) < 4.78 is 7.47. The molecule has 0 saturated heterocycles. The molecule has 0 aliphatic rings. The topological polar surface area (TPSA) is 14.2 Å². The van der Waals surface area contributed by atoms with Gasteiger partial charge in [0.2, 0.25) is 0 Å². The van der Waals surface area contributed by atoms with Gasteiger partial charge in [0, 0.05) is 12.4 Å². The predicted molar refractivity (Wildman–Crippen MR) is 61.8 cm³/mol. The number of benzene rings is 1. The summed E-state index contributed by atoms with van der Waals surface area (Å²) in [5, 5.41) is 0. The van der Waals surface area contributed by atoms with Crippen molar-refractivity contribution in [2.24, 2.45) is 0 Å². The first kappa shape index (κ1) is 9.84. The average molecular weight is 201 g/mol. The third kappa shape index (κ3) is 1.75. The van der Waals surface area contributed by atoms with E-state index in [1.165, 1.54) is 11.1 Å². The first-order valence-corrected chi connectivity index (χ1v) is 5.01. The highest BCUT2D eigenvalue weighted by molar-refractivity contribution is 5.52. The number of nitrogens with zero attached hydrogens (tertiary/aromatic N) is 1. The van der Waals surface area contributed by atoms with Gasteiger partial charge in [-0.15, -0.1) is 0 Å². The van der Waals surface area contributed by atoms with Crippen molar-refractivity contribution >= 4 is 0 Å². The highest BCUT2D eigenvalue weighted by Crippen LogP contribution is 2.26. The number of methoxy groups -OCH3 is 1. The van der Waals surface area contributed by atoms with Crippen molar-refractivity contribution in [3.63, 3.8) is 0 Å². The van der Waals surface area contributed by atoms with E-state index in [9.17, 15) is 0 Å². The van der Waals surface area contributed by atoms with Gasteiger partial charge >= 0.3 is 0 Å². The van der Waals surface area contributed by atoms with Gasteiger partial charge in [0.25, 0.3) is 0 Å². The third-order valence-corrected chi connectivity index (χ3v) is 2.52. The van der Waals surface area contributed by atoms with E-state index in [-0.39, 0.29) is 0 Å². The fourth-order valence-electron chi connectivity index (χ4n) is 1.77. The van der Waals surface area contributed by atoms with Crippen molar-refractivity contribution in [3.05, 3.63) is 47.8 Å². The maximum Gasteiger partial charge on any atom is 0.143 e. The monoisotopic (exact) mass is 201 g/mol. The number of hydrogen-bond donors (Lipinski definition) is 0. The van der Waals surface area contributed by atoms with Crippen molar-refractivity contribution in [2.75, 3.05) is 7.11 Å². The molecule has 0 fully saturated rings. The fourth-order valence-corrected chi connectivity index (χ4v) is 1.77. The summed E-state index contributed by atoms with van der Waals surface area (Å²) in [6.07, 6.45) is 4.16. The van der Waals surface area contributed by atoms with Crippen LogP contribution in [0.15, 0.2) is 36.7 Å². The first-order valence-electron chi connectivity index (χ1n) is 5.01. The van der Waals surface area contributed by atoms with E-state index in [0.717, 1.165) is 11.4 Å². The van der Waals surface area contributed by atoms with Gasteiger partial charge in [0.05, 0.1) is 12.8 Å². The van der Waals surface area contributed by atoms with Crippen molar-refractivity contribution in [2.45, 2.75) is 13.8 Å². The van der Waals surface area contributed by atoms with E-state index in [1.807, 2.05) is 12.1 Å². The zero-order valence-electron chi connectivity index (χ0n) is 9.32. The van der Waals surface area contributed by atoms with Gasteiger partial charge < -0.3 is 9.30 Å². The van der Waals surface area contributed by atoms with E-state index < -0.39 is 0 Å². The van der Waals surface area contributed by atoms with Crippen LogP contribution in [-0.2, 0) is 0 Å². The smallest absolute Gasteiger partial charge is 0.143 e. The van der Waals surface area contributed by atoms with Crippen LogP contribution in [-0.4, -0.2) is 11.7 Å². The van der Waals surface area contributed by atoms with Crippen LogP contribution < -0.4 is 4.74 Å². The average Bonchev–Trinajstić information content (AvgIpc) is 2.64. The molecule has 0 aliphatic carbocycles. The third-order valence-electron chi connectivity index (χ3n) is 2.52. The highest BCUT2D eigenvalue weighted by atomic mass is 16.5. The maximum atomic E-state index is 5.37. The summed E-state index contributed by atoms with van der Waals surface area (Å²) in [6, 6.07) is 8.17. The molecule has 0 amide bonds. The molecule has 2 aromatic rings. The Morgan fingerprint density at radius 3 is 2.53 bits per heavy atom. The molecule has 1 aromatic heterocycles. The van der Waals surface area contributed by atoms with E-state index in [2.05, 4.69) is 42.9 Å². The van der Waals surface area contributed by atoms with Crippen molar-refractivity contribution < 1.29 is 4.74 Å². The van der Waals surface area contributed by atoms with Gasteiger partial charge in [0.1, 0.15) is 5.75 Å². The minimum atomic E-state index is 0.908. The molecule has 1 heterocycles. The molecule has 0 atom stereocenters. The van der Waals surface area contributed by atoms with Crippen LogP contribution in [0.4, 0.5) is 0 Å². The number of ether oxygens (including phenoxy) is 1. The summed E-state index contributed by atoms with van der Waals surface area (Å²) in [4.78, 5) is 0. The molecule has 2 nitrogen and oxygen atoms in total. The Hall–Kier alpha value is -1.70. The Balaban J connectivity index is 2.60. The number of rotatable bonds is 2. The molecular formula is C13H15NO. The minimum absolute atomic E-state index is 0.908. The Morgan fingerprint density at radius 1 is 1.13 bits per heavy atom. The number of hydrogen-bond acceptors (Lipinski definition) is 1. The number of aromatic nitrogens is 1. The maximum absolute atomic E-state index is 5.37. The van der Waals surface area contributed by atoms with Gasteiger partial charge in [0.15, 0.2) is 0 Å². The molecule has 2 rings (SSSR count). The molecule has 2 heteroatoms. The minimum Gasteiger partial charge on any atom is -0.495 e. The highest BCUT2D eigenvalue weighted by Gasteiger charge is 2.07. The van der Waals surface area contributed by atoms with Gasteiger partial charge in [-0.3, -0.25) is 0 Å².